The second-order valence-corrected chi connectivity index (χ2v) is 5.72. The first kappa shape index (κ1) is 11.3. The highest BCUT2D eigenvalue weighted by atomic mass is 32.2. The topological polar surface area (TPSA) is 43.1 Å². The molecule has 0 amide bonds. The summed E-state index contributed by atoms with van der Waals surface area (Å²) < 4.78 is 12.1. The zero-order valence-electron chi connectivity index (χ0n) is 9.22. The molecule has 2 nitrogen and oxygen atoms in total. The summed E-state index contributed by atoms with van der Waals surface area (Å²) in [5.74, 6) is 0. The summed E-state index contributed by atoms with van der Waals surface area (Å²) in [5.41, 5.74) is 5.53. The fourth-order valence-electron chi connectivity index (χ4n) is 1.61. The minimum absolute atomic E-state index is 0.00108. The first-order valence-corrected chi connectivity index (χ1v) is 6.53. The van der Waals surface area contributed by atoms with Gasteiger partial charge in [0.15, 0.2) is 0 Å². The molecule has 84 valence electrons. The van der Waals surface area contributed by atoms with E-state index in [-0.39, 0.29) is 5.25 Å². The molecule has 0 radical (unpaired) electrons. The van der Waals surface area contributed by atoms with Crippen molar-refractivity contribution < 1.29 is 4.21 Å². The fourth-order valence-corrected chi connectivity index (χ4v) is 2.70. The lowest BCUT2D eigenvalue weighted by Crippen LogP contribution is -2.21. The summed E-state index contributed by atoms with van der Waals surface area (Å²) in [4.78, 5) is 0.858. The first-order chi connectivity index (χ1) is 7.72. The monoisotopic (exact) mass is 233 g/mol. The van der Waals surface area contributed by atoms with Crippen LogP contribution in [0.25, 0.3) is 10.8 Å². The Morgan fingerprint density at radius 2 is 1.88 bits per heavy atom. The molecule has 0 aliphatic carbocycles. The molecule has 0 bridgehead atoms. The molecule has 0 aliphatic heterocycles. The zero-order valence-corrected chi connectivity index (χ0v) is 10.0. The SMILES string of the molecule is CC(CN)S(=O)c1ccc2ccccc2c1. The predicted octanol–water partition coefficient (Wildman–Crippen LogP) is 2.29. The van der Waals surface area contributed by atoms with Gasteiger partial charge in [0.1, 0.15) is 0 Å². The highest BCUT2D eigenvalue weighted by Gasteiger charge is 2.11. The lowest BCUT2D eigenvalue weighted by atomic mass is 10.1. The molecule has 2 N–H and O–H groups in total. The summed E-state index contributed by atoms with van der Waals surface area (Å²) in [5, 5.41) is 2.29. The zero-order chi connectivity index (χ0) is 11.5. The van der Waals surface area contributed by atoms with Crippen molar-refractivity contribution in [3.63, 3.8) is 0 Å². The Kier molecular flexibility index (Phi) is 3.36. The maximum Gasteiger partial charge on any atom is 0.0571 e. The predicted molar refractivity (Wildman–Crippen MR) is 68.9 cm³/mol. The average Bonchev–Trinajstić information content (AvgIpc) is 2.36. The number of hydrogen-bond acceptors (Lipinski definition) is 2. The molecule has 0 aromatic heterocycles. The van der Waals surface area contributed by atoms with Crippen molar-refractivity contribution in [2.45, 2.75) is 17.1 Å². The molecular formula is C13H15NOS. The fraction of sp³-hybridized carbons (Fsp3) is 0.231. The van der Waals surface area contributed by atoms with E-state index in [1.165, 1.54) is 5.39 Å². The summed E-state index contributed by atoms with van der Waals surface area (Å²) in [6.07, 6.45) is 0. The Bertz CT molecular complexity index is 524. The normalized spacial score (nSPS) is 14.9. The van der Waals surface area contributed by atoms with Crippen LogP contribution in [-0.4, -0.2) is 16.0 Å². The Balaban J connectivity index is 2.43. The van der Waals surface area contributed by atoms with Gasteiger partial charge in [-0.15, -0.1) is 0 Å². The molecule has 0 spiro atoms. The van der Waals surface area contributed by atoms with Gasteiger partial charge < -0.3 is 5.73 Å². The lowest BCUT2D eigenvalue weighted by molar-refractivity contribution is 0.673. The molecule has 2 aromatic rings. The molecule has 0 fully saturated rings. The first-order valence-electron chi connectivity index (χ1n) is 5.32. The Labute approximate surface area is 97.9 Å². The van der Waals surface area contributed by atoms with Crippen LogP contribution in [0.3, 0.4) is 0 Å². The van der Waals surface area contributed by atoms with Gasteiger partial charge in [-0.2, -0.15) is 0 Å². The van der Waals surface area contributed by atoms with Crippen molar-refractivity contribution in [1.82, 2.24) is 0 Å². The number of benzene rings is 2. The van der Waals surface area contributed by atoms with Gasteiger partial charge in [0, 0.05) is 16.7 Å². The molecule has 0 saturated carbocycles. The number of nitrogens with two attached hydrogens (primary N) is 1. The molecular weight excluding hydrogens is 218 g/mol. The van der Waals surface area contributed by atoms with E-state index >= 15 is 0 Å². The van der Waals surface area contributed by atoms with Gasteiger partial charge in [0.2, 0.25) is 0 Å². The second-order valence-electron chi connectivity index (χ2n) is 3.85. The highest BCUT2D eigenvalue weighted by molar-refractivity contribution is 7.85. The standard InChI is InChI=1S/C13H15NOS/c1-10(9-14)16(15)13-7-6-11-4-2-3-5-12(11)8-13/h2-8,10H,9,14H2,1H3. The van der Waals surface area contributed by atoms with Gasteiger partial charge in [-0.25, -0.2) is 0 Å². The highest BCUT2D eigenvalue weighted by Crippen LogP contribution is 2.19. The van der Waals surface area contributed by atoms with Crippen LogP contribution < -0.4 is 5.73 Å². The van der Waals surface area contributed by atoms with E-state index in [1.54, 1.807) is 0 Å². The van der Waals surface area contributed by atoms with Crippen molar-refractivity contribution in [3.05, 3.63) is 42.5 Å². The summed E-state index contributed by atoms with van der Waals surface area (Å²) >= 11 is 0. The van der Waals surface area contributed by atoms with Crippen molar-refractivity contribution >= 4 is 21.6 Å². The van der Waals surface area contributed by atoms with Crippen LogP contribution in [0.4, 0.5) is 0 Å². The lowest BCUT2D eigenvalue weighted by Gasteiger charge is -2.09. The van der Waals surface area contributed by atoms with Crippen molar-refractivity contribution in [1.29, 1.82) is 0 Å². The van der Waals surface area contributed by atoms with Crippen LogP contribution in [0.5, 0.6) is 0 Å². The molecule has 0 heterocycles. The van der Waals surface area contributed by atoms with Crippen molar-refractivity contribution in [2.75, 3.05) is 6.54 Å². The van der Waals surface area contributed by atoms with Gasteiger partial charge in [-0.3, -0.25) is 4.21 Å². The Morgan fingerprint density at radius 1 is 1.19 bits per heavy atom. The molecule has 2 unspecified atom stereocenters. The molecule has 3 heteroatoms. The molecule has 0 aliphatic rings. The van der Waals surface area contributed by atoms with E-state index in [0.717, 1.165) is 10.3 Å². The third-order valence-electron chi connectivity index (χ3n) is 2.65. The molecule has 2 atom stereocenters. The Morgan fingerprint density at radius 3 is 2.56 bits per heavy atom. The van der Waals surface area contributed by atoms with E-state index in [4.69, 9.17) is 5.73 Å². The van der Waals surface area contributed by atoms with E-state index < -0.39 is 10.8 Å². The second kappa shape index (κ2) is 4.76. The van der Waals surface area contributed by atoms with E-state index in [9.17, 15) is 4.21 Å². The maximum absolute atomic E-state index is 12.1. The molecule has 2 aromatic carbocycles. The van der Waals surface area contributed by atoms with Gasteiger partial charge in [-0.05, 0) is 29.8 Å². The number of rotatable bonds is 3. The summed E-state index contributed by atoms with van der Waals surface area (Å²) in [6.45, 7) is 2.35. The number of hydrogen-bond donors (Lipinski definition) is 1. The largest absolute Gasteiger partial charge is 0.329 e. The third-order valence-corrected chi connectivity index (χ3v) is 4.29. The summed E-state index contributed by atoms with van der Waals surface area (Å²) in [6, 6.07) is 14.0. The third kappa shape index (κ3) is 2.15. The minimum atomic E-state index is -1.01. The van der Waals surface area contributed by atoms with Crippen molar-refractivity contribution in [3.8, 4) is 0 Å². The van der Waals surface area contributed by atoms with Crippen LogP contribution >= 0.6 is 0 Å². The Hall–Kier alpha value is -1.19. The quantitative estimate of drug-likeness (QED) is 0.884. The van der Waals surface area contributed by atoms with Crippen LogP contribution in [0.1, 0.15) is 6.92 Å². The minimum Gasteiger partial charge on any atom is -0.329 e. The van der Waals surface area contributed by atoms with Gasteiger partial charge in [-0.1, -0.05) is 30.3 Å². The molecule has 0 saturated heterocycles. The summed E-state index contributed by atoms with van der Waals surface area (Å²) in [7, 11) is -1.01. The van der Waals surface area contributed by atoms with Crippen LogP contribution in [0.2, 0.25) is 0 Å². The van der Waals surface area contributed by atoms with Gasteiger partial charge >= 0.3 is 0 Å². The van der Waals surface area contributed by atoms with Gasteiger partial charge in [0.05, 0.1) is 10.8 Å². The molecule has 16 heavy (non-hydrogen) atoms. The van der Waals surface area contributed by atoms with Gasteiger partial charge in [0.25, 0.3) is 0 Å². The van der Waals surface area contributed by atoms with Crippen LogP contribution in [0, 0.1) is 0 Å². The maximum atomic E-state index is 12.1. The molecule has 2 rings (SSSR count). The number of fused-ring (bicyclic) bond motifs is 1. The average molecular weight is 233 g/mol. The van der Waals surface area contributed by atoms with E-state index in [1.807, 2.05) is 49.4 Å². The van der Waals surface area contributed by atoms with E-state index in [2.05, 4.69) is 0 Å². The van der Waals surface area contributed by atoms with Crippen molar-refractivity contribution in [2.24, 2.45) is 5.73 Å². The smallest absolute Gasteiger partial charge is 0.0571 e. The van der Waals surface area contributed by atoms with Crippen LogP contribution in [-0.2, 0) is 10.8 Å². The van der Waals surface area contributed by atoms with E-state index in [0.29, 0.717) is 6.54 Å². The van der Waals surface area contributed by atoms with Crippen LogP contribution in [0.15, 0.2) is 47.4 Å².